The fraction of sp³-hybridized carbons (Fsp3) is 0.526. The van der Waals surface area contributed by atoms with Gasteiger partial charge in [-0.25, -0.2) is 0 Å². The molecule has 2 fully saturated rings. The van der Waals surface area contributed by atoms with Crippen LogP contribution >= 0.6 is 0 Å². The summed E-state index contributed by atoms with van der Waals surface area (Å²) in [7, 11) is 1.69. The molecular weight excluding hydrogens is 304 g/mol. The van der Waals surface area contributed by atoms with Gasteiger partial charge in [0.25, 0.3) is 5.91 Å². The molecule has 0 radical (unpaired) electrons. The zero-order chi connectivity index (χ0) is 16.8. The van der Waals surface area contributed by atoms with Gasteiger partial charge in [0.05, 0.1) is 7.11 Å². The molecular formula is C19H26N2O3. The molecule has 0 spiro atoms. The number of carbonyl (C=O) groups excluding carboxylic acids is 1. The number of ether oxygens (including phenoxy) is 2. The number of hydrogen-bond donors (Lipinski definition) is 0. The fourth-order valence-corrected chi connectivity index (χ4v) is 3.26. The van der Waals surface area contributed by atoms with E-state index < -0.39 is 0 Å². The first-order chi connectivity index (χ1) is 11.8. The Bertz CT molecular complexity index is 574. The summed E-state index contributed by atoms with van der Waals surface area (Å²) in [4.78, 5) is 16.7. The predicted molar refractivity (Wildman–Crippen MR) is 94.0 cm³/mol. The average molecular weight is 330 g/mol. The van der Waals surface area contributed by atoms with E-state index >= 15 is 0 Å². The highest BCUT2D eigenvalue weighted by molar-refractivity contribution is 5.81. The molecule has 24 heavy (non-hydrogen) atoms. The Hall–Kier alpha value is -1.85. The molecule has 1 atom stereocenters. The molecule has 1 aromatic rings. The van der Waals surface area contributed by atoms with Crippen molar-refractivity contribution < 1.29 is 14.3 Å². The summed E-state index contributed by atoms with van der Waals surface area (Å²) in [6.45, 7) is 5.02. The largest absolute Gasteiger partial charge is 0.496 e. The summed E-state index contributed by atoms with van der Waals surface area (Å²) in [5.41, 5.74) is 1.09. The van der Waals surface area contributed by atoms with E-state index in [1.54, 1.807) is 7.11 Å². The molecule has 1 amide bonds. The van der Waals surface area contributed by atoms with Crippen molar-refractivity contribution in [2.24, 2.45) is 0 Å². The smallest absolute Gasteiger partial charge is 0.251 e. The number of methoxy groups -OCH3 is 1. The maximum absolute atomic E-state index is 12.3. The van der Waals surface area contributed by atoms with Gasteiger partial charge in [0, 0.05) is 44.9 Å². The molecule has 0 N–H and O–H groups in total. The zero-order valence-corrected chi connectivity index (χ0v) is 14.3. The van der Waals surface area contributed by atoms with E-state index in [0.717, 1.165) is 63.5 Å². The van der Waals surface area contributed by atoms with E-state index in [-0.39, 0.29) is 12.0 Å². The Labute approximate surface area is 143 Å². The highest BCUT2D eigenvalue weighted by Gasteiger charge is 2.29. The minimum absolute atomic E-state index is 0.178. The zero-order valence-electron chi connectivity index (χ0n) is 14.3. The van der Waals surface area contributed by atoms with E-state index in [9.17, 15) is 4.79 Å². The van der Waals surface area contributed by atoms with Crippen molar-refractivity contribution in [2.45, 2.75) is 18.9 Å². The summed E-state index contributed by atoms with van der Waals surface area (Å²) < 4.78 is 10.9. The maximum Gasteiger partial charge on any atom is 0.251 e. The minimum atomic E-state index is -0.193. The van der Waals surface area contributed by atoms with Gasteiger partial charge in [-0.15, -0.1) is 0 Å². The molecule has 1 aromatic carbocycles. The van der Waals surface area contributed by atoms with Crippen LogP contribution in [0.4, 0.5) is 0 Å². The van der Waals surface area contributed by atoms with Gasteiger partial charge in [0.1, 0.15) is 11.9 Å². The molecule has 5 heteroatoms. The quantitative estimate of drug-likeness (QED) is 0.828. The third-order valence-electron chi connectivity index (χ3n) is 4.69. The van der Waals surface area contributed by atoms with Crippen molar-refractivity contribution in [3.05, 3.63) is 35.9 Å². The second-order valence-electron chi connectivity index (χ2n) is 6.27. The van der Waals surface area contributed by atoms with Crippen LogP contribution in [-0.4, -0.2) is 68.3 Å². The number of nitrogens with zero attached hydrogens (tertiary/aromatic N) is 2. The Kier molecular flexibility index (Phi) is 5.88. The molecule has 130 valence electrons. The van der Waals surface area contributed by atoms with Crippen LogP contribution in [0, 0.1) is 0 Å². The molecule has 3 rings (SSSR count). The van der Waals surface area contributed by atoms with Gasteiger partial charge in [0.15, 0.2) is 0 Å². The van der Waals surface area contributed by atoms with Crippen molar-refractivity contribution in [3.8, 4) is 5.75 Å². The second kappa shape index (κ2) is 8.31. The first-order valence-corrected chi connectivity index (χ1v) is 8.70. The molecule has 1 unspecified atom stereocenters. The number of benzene rings is 1. The second-order valence-corrected chi connectivity index (χ2v) is 6.27. The lowest BCUT2D eigenvalue weighted by atomic mass is 10.2. The number of carbonyl (C=O) groups is 1. The molecule has 5 nitrogen and oxygen atoms in total. The fourth-order valence-electron chi connectivity index (χ4n) is 3.26. The van der Waals surface area contributed by atoms with Crippen LogP contribution in [0.2, 0.25) is 0 Å². The first-order valence-electron chi connectivity index (χ1n) is 8.70. The Morgan fingerprint density at radius 1 is 1.29 bits per heavy atom. The molecule has 0 bridgehead atoms. The van der Waals surface area contributed by atoms with Crippen LogP contribution < -0.4 is 4.74 Å². The van der Waals surface area contributed by atoms with Gasteiger partial charge >= 0.3 is 0 Å². The monoisotopic (exact) mass is 330 g/mol. The van der Waals surface area contributed by atoms with Crippen molar-refractivity contribution in [1.82, 2.24) is 9.80 Å². The maximum atomic E-state index is 12.3. The van der Waals surface area contributed by atoms with Crippen LogP contribution in [0.1, 0.15) is 18.4 Å². The third-order valence-corrected chi connectivity index (χ3v) is 4.69. The highest BCUT2D eigenvalue weighted by atomic mass is 16.5. The van der Waals surface area contributed by atoms with Crippen LogP contribution in [0.5, 0.6) is 5.75 Å². The van der Waals surface area contributed by atoms with Crippen LogP contribution in [0.15, 0.2) is 30.3 Å². The number of hydrogen-bond acceptors (Lipinski definition) is 4. The van der Waals surface area contributed by atoms with Gasteiger partial charge < -0.3 is 14.4 Å². The van der Waals surface area contributed by atoms with E-state index in [1.165, 1.54) is 0 Å². The predicted octanol–water partition coefficient (Wildman–Crippen LogP) is 2.03. The van der Waals surface area contributed by atoms with E-state index in [0.29, 0.717) is 0 Å². The molecule has 0 aromatic heterocycles. The standard InChI is InChI=1S/C19H26N2O3/c1-23-17-8-3-2-6-16(17)7-4-10-20-11-13-21(14-12-20)19(22)18-9-5-15-24-18/h2-4,6-8,18H,5,9-15H2,1H3. The minimum Gasteiger partial charge on any atom is -0.496 e. The lowest BCUT2D eigenvalue weighted by Crippen LogP contribution is -2.51. The van der Waals surface area contributed by atoms with Crippen LogP contribution in [-0.2, 0) is 9.53 Å². The summed E-state index contributed by atoms with van der Waals surface area (Å²) in [5, 5.41) is 0. The number of rotatable bonds is 5. The third kappa shape index (κ3) is 4.16. The van der Waals surface area contributed by atoms with Gasteiger partial charge in [-0.3, -0.25) is 9.69 Å². The van der Waals surface area contributed by atoms with Crippen molar-refractivity contribution in [2.75, 3.05) is 46.4 Å². The number of amides is 1. The van der Waals surface area contributed by atoms with Crippen molar-refractivity contribution in [3.63, 3.8) is 0 Å². The van der Waals surface area contributed by atoms with E-state index in [1.807, 2.05) is 29.2 Å². The summed E-state index contributed by atoms with van der Waals surface area (Å²) >= 11 is 0. The van der Waals surface area contributed by atoms with Gasteiger partial charge in [-0.2, -0.15) is 0 Å². The first kappa shape index (κ1) is 17.0. The van der Waals surface area contributed by atoms with Crippen molar-refractivity contribution >= 4 is 12.0 Å². The summed E-state index contributed by atoms with van der Waals surface area (Å²) in [6, 6.07) is 8.00. The number of piperazine rings is 1. The molecule has 2 aliphatic rings. The Balaban J connectivity index is 1.45. The normalized spacial score (nSPS) is 22.2. The lowest BCUT2D eigenvalue weighted by Gasteiger charge is -2.35. The molecule has 2 heterocycles. The summed E-state index contributed by atoms with van der Waals surface area (Å²) in [6.07, 6.45) is 5.95. The van der Waals surface area contributed by atoms with Gasteiger partial charge in [0.2, 0.25) is 0 Å². The van der Waals surface area contributed by atoms with Gasteiger partial charge in [-0.05, 0) is 18.9 Å². The van der Waals surface area contributed by atoms with Crippen molar-refractivity contribution in [1.29, 1.82) is 0 Å². The molecule has 2 saturated heterocycles. The Morgan fingerprint density at radius 3 is 2.79 bits per heavy atom. The molecule has 0 saturated carbocycles. The lowest BCUT2D eigenvalue weighted by molar-refractivity contribution is -0.142. The van der Waals surface area contributed by atoms with Crippen LogP contribution in [0.25, 0.3) is 6.08 Å². The molecule has 0 aliphatic carbocycles. The molecule has 2 aliphatic heterocycles. The van der Waals surface area contributed by atoms with Gasteiger partial charge in [-0.1, -0.05) is 30.4 Å². The van der Waals surface area contributed by atoms with Crippen LogP contribution in [0.3, 0.4) is 0 Å². The average Bonchev–Trinajstić information content (AvgIpc) is 3.17. The van der Waals surface area contributed by atoms with E-state index in [4.69, 9.17) is 9.47 Å². The SMILES string of the molecule is COc1ccccc1C=CCN1CCN(C(=O)C2CCCO2)CC1. The Morgan fingerprint density at radius 2 is 2.08 bits per heavy atom. The summed E-state index contributed by atoms with van der Waals surface area (Å²) in [5.74, 6) is 1.07. The highest BCUT2D eigenvalue weighted by Crippen LogP contribution is 2.19. The topological polar surface area (TPSA) is 42.0 Å². The number of para-hydroxylation sites is 1. The van der Waals surface area contributed by atoms with E-state index in [2.05, 4.69) is 17.1 Å².